The van der Waals surface area contributed by atoms with Gasteiger partial charge in [0.2, 0.25) is 0 Å². The van der Waals surface area contributed by atoms with E-state index in [9.17, 15) is 4.79 Å². The number of rotatable bonds is 6. The third kappa shape index (κ3) is 4.43. The molecule has 2 aromatic heterocycles. The zero-order valence-corrected chi connectivity index (χ0v) is 14.6. The summed E-state index contributed by atoms with van der Waals surface area (Å²) < 4.78 is 0. The highest BCUT2D eigenvalue weighted by Gasteiger charge is 2.10. The molecule has 0 aliphatic heterocycles. The smallest absolute Gasteiger partial charge is 0.284 e. The monoisotopic (exact) mass is 353 g/mol. The average molecular weight is 353 g/mol. The van der Waals surface area contributed by atoms with Gasteiger partial charge in [0, 0.05) is 6.54 Å². The molecule has 1 aromatic carbocycles. The number of anilines is 1. The largest absolute Gasteiger partial charge is 0.370 e. The van der Waals surface area contributed by atoms with E-state index in [0.717, 1.165) is 29.4 Å². The van der Waals surface area contributed by atoms with Crippen LogP contribution in [0.2, 0.25) is 0 Å². The molecule has 6 heteroatoms. The van der Waals surface area contributed by atoms with Crippen molar-refractivity contribution in [2.45, 2.75) is 13.3 Å². The number of hydrogen-bond donors (Lipinski definition) is 3. The van der Waals surface area contributed by atoms with Crippen molar-refractivity contribution in [3.05, 3.63) is 70.6 Å². The molecule has 0 saturated carbocycles. The first-order valence-corrected chi connectivity index (χ1v) is 8.78. The molecule has 3 aromatic rings. The maximum atomic E-state index is 11.4. The fourth-order valence-corrected chi connectivity index (χ4v) is 3.39. The van der Waals surface area contributed by atoms with E-state index < -0.39 is 5.91 Å². The molecule has 0 spiro atoms. The third-order valence-electron chi connectivity index (χ3n) is 3.74. The Morgan fingerprint density at radius 2 is 2.00 bits per heavy atom. The Balaban J connectivity index is 1.65. The molecule has 0 bridgehead atoms. The standard InChI is InChI=1S/C19H19N3O2S/c1-13-4-2-5-14(12-13)10-11-20-18-7-3-6-15(21-18)16-8-9-17(25-16)19(23)22-24/h2-9,12,24H,10-11H2,1H3,(H,20,21)(H,22,23). The molecule has 0 aliphatic carbocycles. The first-order chi connectivity index (χ1) is 12.2. The van der Waals surface area contributed by atoms with Gasteiger partial charge < -0.3 is 5.32 Å². The number of nitrogens with zero attached hydrogens (tertiary/aromatic N) is 1. The minimum absolute atomic E-state index is 0.442. The summed E-state index contributed by atoms with van der Waals surface area (Å²) in [5.41, 5.74) is 4.99. The first-order valence-electron chi connectivity index (χ1n) is 7.97. The number of carbonyl (C=O) groups excluding carboxylic acids is 1. The maximum Gasteiger partial charge on any atom is 0.284 e. The Labute approximate surface area is 150 Å². The molecule has 0 atom stereocenters. The zero-order valence-electron chi connectivity index (χ0n) is 13.8. The molecule has 0 fully saturated rings. The summed E-state index contributed by atoms with van der Waals surface area (Å²) in [6.45, 7) is 2.89. The van der Waals surface area contributed by atoms with Gasteiger partial charge in [-0.1, -0.05) is 35.9 Å². The molecule has 3 rings (SSSR count). The molecule has 0 saturated heterocycles. The number of amides is 1. The third-order valence-corrected chi connectivity index (χ3v) is 4.84. The number of nitrogens with one attached hydrogen (secondary N) is 2. The second-order valence-corrected chi connectivity index (χ2v) is 6.76. The van der Waals surface area contributed by atoms with E-state index in [-0.39, 0.29) is 0 Å². The minimum Gasteiger partial charge on any atom is -0.370 e. The van der Waals surface area contributed by atoms with Gasteiger partial charge in [0.15, 0.2) is 0 Å². The number of aryl methyl sites for hydroxylation is 1. The molecule has 0 aliphatic rings. The van der Waals surface area contributed by atoms with Crippen molar-refractivity contribution in [1.82, 2.24) is 10.5 Å². The van der Waals surface area contributed by atoms with E-state index in [0.29, 0.717) is 4.88 Å². The molecule has 2 heterocycles. The van der Waals surface area contributed by atoms with Gasteiger partial charge in [-0.05, 0) is 43.2 Å². The van der Waals surface area contributed by atoms with Crippen LogP contribution in [-0.4, -0.2) is 22.6 Å². The maximum absolute atomic E-state index is 11.4. The summed E-state index contributed by atoms with van der Waals surface area (Å²) in [7, 11) is 0. The van der Waals surface area contributed by atoms with E-state index >= 15 is 0 Å². The number of hydroxylamine groups is 1. The van der Waals surface area contributed by atoms with Crippen LogP contribution in [-0.2, 0) is 6.42 Å². The van der Waals surface area contributed by atoms with Crippen molar-refractivity contribution < 1.29 is 10.0 Å². The van der Waals surface area contributed by atoms with E-state index in [1.165, 1.54) is 22.5 Å². The molecule has 3 N–H and O–H groups in total. The lowest BCUT2D eigenvalue weighted by molar-refractivity contribution is 0.0711. The van der Waals surface area contributed by atoms with Crippen molar-refractivity contribution >= 4 is 23.1 Å². The van der Waals surface area contributed by atoms with Crippen molar-refractivity contribution in [2.24, 2.45) is 0 Å². The minimum atomic E-state index is -0.510. The highest BCUT2D eigenvalue weighted by molar-refractivity contribution is 7.17. The quantitative estimate of drug-likeness (QED) is 0.464. The predicted molar refractivity (Wildman–Crippen MR) is 100 cm³/mol. The highest BCUT2D eigenvalue weighted by atomic mass is 32.1. The molecule has 0 unspecified atom stereocenters. The van der Waals surface area contributed by atoms with Gasteiger partial charge in [-0.15, -0.1) is 11.3 Å². The van der Waals surface area contributed by atoms with E-state index in [4.69, 9.17) is 5.21 Å². The van der Waals surface area contributed by atoms with E-state index in [1.807, 2.05) is 24.3 Å². The average Bonchev–Trinajstić information content (AvgIpc) is 3.12. The molecular formula is C19H19N3O2S. The second kappa shape index (κ2) is 7.92. The topological polar surface area (TPSA) is 74.2 Å². The molecule has 5 nitrogen and oxygen atoms in total. The fraction of sp³-hybridized carbons (Fsp3) is 0.158. The van der Waals surface area contributed by atoms with Crippen LogP contribution in [0.4, 0.5) is 5.82 Å². The Morgan fingerprint density at radius 1 is 1.16 bits per heavy atom. The van der Waals surface area contributed by atoms with Crippen LogP contribution in [0.3, 0.4) is 0 Å². The molecular weight excluding hydrogens is 334 g/mol. The Morgan fingerprint density at radius 3 is 2.80 bits per heavy atom. The highest BCUT2D eigenvalue weighted by Crippen LogP contribution is 2.27. The van der Waals surface area contributed by atoms with Gasteiger partial charge in [-0.3, -0.25) is 10.0 Å². The Kier molecular flexibility index (Phi) is 5.42. The van der Waals surface area contributed by atoms with Crippen molar-refractivity contribution in [1.29, 1.82) is 0 Å². The van der Waals surface area contributed by atoms with Gasteiger partial charge in [-0.2, -0.15) is 0 Å². The Hall–Kier alpha value is -2.70. The van der Waals surface area contributed by atoms with Gasteiger partial charge in [0.25, 0.3) is 5.91 Å². The molecule has 128 valence electrons. The van der Waals surface area contributed by atoms with Gasteiger partial charge in [0.05, 0.1) is 15.4 Å². The summed E-state index contributed by atoms with van der Waals surface area (Å²) >= 11 is 1.29. The summed E-state index contributed by atoms with van der Waals surface area (Å²) in [6.07, 6.45) is 0.924. The summed E-state index contributed by atoms with van der Waals surface area (Å²) in [4.78, 5) is 17.4. The lowest BCUT2D eigenvalue weighted by Crippen LogP contribution is -2.16. The van der Waals surface area contributed by atoms with Gasteiger partial charge >= 0.3 is 0 Å². The number of pyridine rings is 1. The van der Waals surface area contributed by atoms with Crippen LogP contribution in [0.5, 0.6) is 0 Å². The molecule has 25 heavy (non-hydrogen) atoms. The number of hydrogen-bond acceptors (Lipinski definition) is 5. The summed E-state index contributed by atoms with van der Waals surface area (Å²) in [5.74, 6) is 0.287. The van der Waals surface area contributed by atoms with Crippen LogP contribution >= 0.6 is 11.3 Å². The SMILES string of the molecule is Cc1cccc(CCNc2cccc(-c3ccc(C(=O)NO)s3)n2)c1. The van der Waals surface area contributed by atoms with E-state index in [1.54, 1.807) is 11.5 Å². The molecule has 1 amide bonds. The summed E-state index contributed by atoms with van der Waals surface area (Å²) in [6, 6.07) is 17.7. The molecule has 0 radical (unpaired) electrons. The zero-order chi connectivity index (χ0) is 17.6. The van der Waals surface area contributed by atoms with Crippen LogP contribution < -0.4 is 10.8 Å². The number of aromatic nitrogens is 1. The van der Waals surface area contributed by atoms with Crippen LogP contribution in [0, 0.1) is 6.92 Å². The van der Waals surface area contributed by atoms with Crippen molar-refractivity contribution in [3.8, 4) is 10.6 Å². The van der Waals surface area contributed by atoms with E-state index in [2.05, 4.69) is 41.5 Å². The Bertz CT molecular complexity index is 876. The van der Waals surface area contributed by atoms with Crippen molar-refractivity contribution in [3.63, 3.8) is 0 Å². The second-order valence-electron chi connectivity index (χ2n) is 5.68. The lowest BCUT2D eigenvalue weighted by atomic mass is 10.1. The van der Waals surface area contributed by atoms with Gasteiger partial charge in [-0.25, -0.2) is 10.5 Å². The normalized spacial score (nSPS) is 10.5. The number of carbonyl (C=O) groups is 1. The van der Waals surface area contributed by atoms with Crippen molar-refractivity contribution in [2.75, 3.05) is 11.9 Å². The van der Waals surface area contributed by atoms with Crippen LogP contribution in [0.1, 0.15) is 20.8 Å². The lowest BCUT2D eigenvalue weighted by Gasteiger charge is -2.07. The summed E-state index contributed by atoms with van der Waals surface area (Å²) in [5, 5.41) is 12.0. The van der Waals surface area contributed by atoms with Crippen LogP contribution in [0.15, 0.2) is 54.6 Å². The number of benzene rings is 1. The van der Waals surface area contributed by atoms with Crippen LogP contribution in [0.25, 0.3) is 10.6 Å². The fourth-order valence-electron chi connectivity index (χ4n) is 2.53. The van der Waals surface area contributed by atoms with Gasteiger partial charge in [0.1, 0.15) is 5.82 Å². The predicted octanol–water partition coefficient (Wildman–Crippen LogP) is 3.89. The first kappa shape index (κ1) is 17.1. The number of thiophene rings is 1.